The number of methoxy groups -OCH3 is 1. The van der Waals surface area contributed by atoms with E-state index in [2.05, 4.69) is 43.4 Å². The second-order valence-corrected chi connectivity index (χ2v) is 5.21. The summed E-state index contributed by atoms with van der Waals surface area (Å²) in [6, 6.07) is 8.79. The van der Waals surface area contributed by atoms with Gasteiger partial charge in [0.05, 0.1) is 25.4 Å². The van der Waals surface area contributed by atoms with Gasteiger partial charge >= 0.3 is 0 Å². The molecule has 2 atom stereocenters. The summed E-state index contributed by atoms with van der Waals surface area (Å²) in [7, 11) is 3.65. The first kappa shape index (κ1) is 18.1. The molecule has 0 bridgehead atoms. The average Bonchev–Trinajstić information content (AvgIpc) is 2.49. The highest BCUT2D eigenvalue weighted by Crippen LogP contribution is 2.19. The first-order chi connectivity index (χ1) is 10.2. The van der Waals surface area contributed by atoms with Crippen LogP contribution in [0.15, 0.2) is 24.3 Å². The Morgan fingerprint density at radius 2 is 1.76 bits per heavy atom. The van der Waals surface area contributed by atoms with Gasteiger partial charge in [0, 0.05) is 20.3 Å². The number of hydrogen-bond donors (Lipinski definition) is 1. The Bertz CT molecular complexity index is 367. The molecular weight excluding hydrogens is 266 g/mol. The van der Waals surface area contributed by atoms with E-state index in [-0.39, 0.29) is 12.1 Å². The fourth-order valence-electron chi connectivity index (χ4n) is 2.22. The van der Waals surface area contributed by atoms with Crippen LogP contribution in [-0.4, -0.2) is 46.7 Å². The molecule has 4 nitrogen and oxygen atoms in total. The number of hydrogen-bond acceptors (Lipinski definition) is 4. The van der Waals surface area contributed by atoms with Crippen molar-refractivity contribution < 1.29 is 14.2 Å². The Kier molecular flexibility index (Phi) is 9.26. The van der Waals surface area contributed by atoms with Crippen molar-refractivity contribution >= 4 is 0 Å². The van der Waals surface area contributed by atoms with Crippen molar-refractivity contribution in [1.29, 1.82) is 0 Å². The smallest absolute Gasteiger partial charge is 0.0741 e. The highest BCUT2D eigenvalue weighted by Gasteiger charge is 2.17. The van der Waals surface area contributed by atoms with E-state index in [9.17, 15) is 0 Å². The molecule has 4 heteroatoms. The zero-order valence-electron chi connectivity index (χ0n) is 13.7. The van der Waals surface area contributed by atoms with Gasteiger partial charge < -0.3 is 19.5 Å². The molecule has 0 heterocycles. The van der Waals surface area contributed by atoms with Crippen LogP contribution in [0.4, 0.5) is 0 Å². The summed E-state index contributed by atoms with van der Waals surface area (Å²) in [4.78, 5) is 0. The molecule has 0 aliphatic carbocycles. The predicted octanol–water partition coefficient (Wildman–Crippen LogP) is 2.71. The maximum Gasteiger partial charge on any atom is 0.0741 e. The van der Waals surface area contributed by atoms with Gasteiger partial charge in [-0.3, -0.25) is 0 Å². The third-order valence-electron chi connectivity index (χ3n) is 3.46. The van der Waals surface area contributed by atoms with Gasteiger partial charge in [-0.25, -0.2) is 0 Å². The topological polar surface area (TPSA) is 39.7 Å². The van der Waals surface area contributed by atoms with Crippen LogP contribution in [0.5, 0.6) is 0 Å². The average molecular weight is 295 g/mol. The molecule has 0 saturated carbocycles. The molecule has 0 fully saturated rings. The van der Waals surface area contributed by atoms with E-state index in [4.69, 9.17) is 14.2 Å². The number of aryl methyl sites for hydroxylation is 1. The lowest BCUT2D eigenvalue weighted by atomic mass is 10.0. The molecule has 0 aliphatic heterocycles. The van der Waals surface area contributed by atoms with Gasteiger partial charge in [-0.1, -0.05) is 29.8 Å². The van der Waals surface area contributed by atoms with Gasteiger partial charge in [0.2, 0.25) is 0 Å². The molecule has 1 N–H and O–H groups in total. The predicted molar refractivity (Wildman–Crippen MR) is 85.7 cm³/mol. The van der Waals surface area contributed by atoms with Crippen LogP contribution in [0, 0.1) is 6.92 Å². The maximum atomic E-state index is 5.91. The van der Waals surface area contributed by atoms with Crippen LogP contribution in [0.3, 0.4) is 0 Å². The van der Waals surface area contributed by atoms with Gasteiger partial charge in [-0.15, -0.1) is 0 Å². The van der Waals surface area contributed by atoms with E-state index in [1.807, 2.05) is 7.05 Å². The van der Waals surface area contributed by atoms with E-state index < -0.39 is 0 Å². The van der Waals surface area contributed by atoms with Gasteiger partial charge in [0.1, 0.15) is 0 Å². The van der Waals surface area contributed by atoms with Crippen molar-refractivity contribution in [3.63, 3.8) is 0 Å². The number of ether oxygens (including phenoxy) is 3. The van der Waals surface area contributed by atoms with E-state index in [1.54, 1.807) is 7.11 Å². The van der Waals surface area contributed by atoms with Crippen LogP contribution in [-0.2, 0) is 14.2 Å². The normalized spacial score (nSPS) is 14.1. The quantitative estimate of drug-likeness (QED) is 0.637. The molecule has 2 unspecified atom stereocenters. The Morgan fingerprint density at radius 3 is 2.38 bits per heavy atom. The Morgan fingerprint density at radius 1 is 1.05 bits per heavy atom. The molecule has 120 valence electrons. The third kappa shape index (κ3) is 7.05. The zero-order chi connectivity index (χ0) is 15.5. The van der Waals surface area contributed by atoms with Crippen molar-refractivity contribution in [2.45, 2.75) is 32.4 Å². The molecule has 1 aromatic rings. The summed E-state index contributed by atoms with van der Waals surface area (Å²) in [5.74, 6) is 0. The van der Waals surface area contributed by atoms with Gasteiger partial charge in [0.25, 0.3) is 0 Å². The minimum Gasteiger partial charge on any atom is -0.382 e. The standard InChI is InChI=1S/C17H29NO3/c1-14-6-8-16(9-7-14)17(18-3)15(2)21-11-5-10-20-13-12-19-4/h6-9,15,17-18H,5,10-13H2,1-4H3. The maximum absolute atomic E-state index is 5.91. The zero-order valence-corrected chi connectivity index (χ0v) is 13.7. The summed E-state index contributed by atoms with van der Waals surface area (Å²) in [5.41, 5.74) is 2.53. The Hall–Kier alpha value is -0.940. The SMILES string of the molecule is CNC(c1ccc(C)cc1)C(C)OCCCOCCOC. The minimum absolute atomic E-state index is 0.122. The molecule has 0 radical (unpaired) electrons. The van der Waals surface area contributed by atoms with Crippen molar-refractivity contribution in [1.82, 2.24) is 5.32 Å². The molecule has 1 aromatic carbocycles. The van der Waals surface area contributed by atoms with Crippen molar-refractivity contribution in [3.05, 3.63) is 35.4 Å². The highest BCUT2D eigenvalue weighted by atomic mass is 16.5. The highest BCUT2D eigenvalue weighted by molar-refractivity contribution is 5.24. The summed E-state index contributed by atoms with van der Waals surface area (Å²) < 4.78 is 16.3. The van der Waals surface area contributed by atoms with Crippen LogP contribution >= 0.6 is 0 Å². The number of nitrogens with one attached hydrogen (secondary N) is 1. The molecule has 0 aliphatic rings. The summed E-state index contributed by atoms with van der Waals surface area (Å²) >= 11 is 0. The summed E-state index contributed by atoms with van der Waals surface area (Å²) in [6.07, 6.45) is 1.02. The molecule has 1 rings (SSSR count). The number of benzene rings is 1. The van der Waals surface area contributed by atoms with Gasteiger partial charge in [0.15, 0.2) is 0 Å². The van der Waals surface area contributed by atoms with Gasteiger partial charge in [-0.2, -0.15) is 0 Å². The molecule has 0 saturated heterocycles. The lowest BCUT2D eigenvalue weighted by Gasteiger charge is -2.24. The van der Waals surface area contributed by atoms with Gasteiger partial charge in [-0.05, 0) is 32.9 Å². The lowest BCUT2D eigenvalue weighted by molar-refractivity contribution is 0.0163. The van der Waals surface area contributed by atoms with Crippen LogP contribution < -0.4 is 5.32 Å². The second-order valence-electron chi connectivity index (χ2n) is 5.21. The summed E-state index contributed by atoms with van der Waals surface area (Å²) in [5, 5.41) is 3.33. The van der Waals surface area contributed by atoms with Crippen LogP contribution in [0.25, 0.3) is 0 Å². The van der Waals surface area contributed by atoms with Crippen molar-refractivity contribution in [2.75, 3.05) is 40.6 Å². The molecule has 21 heavy (non-hydrogen) atoms. The van der Waals surface area contributed by atoms with E-state index in [0.717, 1.165) is 6.42 Å². The fraction of sp³-hybridized carbons (Fsp3) is 0.647. The number of likely N-dealkylation sites (N-methyl/N-ethyl adjacent to an activating group) is 1. The third-order valence-corrected chi connectivity index (χ3v) is 3.46. The molecular formula is C17H29NO3. The van der Waals surface area contributed by atoms with E-state index >= 15 is 0 Å². The Labute approximate surface area is 128 Å². The van der Waals surface area contributed by atoms with Crippen molar-refractivity contribution in [2.24, 2.45) is 0 Å². The molecule has 0 aromatic heterocycles. The van der Waals surface area contributed by atoms with E-state index in [1.165, 1.54) is 11.1 Å². The Balaban J connectivity index is 2.28. The largest absolute Gasteiger partial charge is 0.382 e. The minimum atomic E-state index is 0.122. The summed E-state index contributed by atoms with van der Waals surface area (Å²) in [6.45, 7) is 6.92. The van der Waals surface area contributed by atoms with E-state index in [0.29, 0.717) is 26.4 Å². The first-order valence-electron chi connectivity index (χ1n) is 7.61. The molecule has 0 amide bonds. The lowest BCUT2D eigenvalue weighted by Crippen LogP contribution is -2.30. The van der Waals surface area contributed by atoms with Crippen LogP contribution in [0.1, 0.15) is 30.5 Å². The van der Waals surface area contributed by atoms with Crippen LogP contribution in [0.2, 0.25) is 0 Å². The fourth-order valence-corrected chi connectivity index (χ4v) is 2.22. The monoisotopic (exact) mass is 295 g/mol. The number of rotatable bonds is 11. The second kappa shape index (κ2) is 10.7. The molecule has 0 spiro atoms. The van der Waals surface area contributed by atoms with Crippen molar-refractivity contribution in [3.8, 4) is 0 Å². The first-order valence-corrected chi connectivity index (χ1v) is 7.61.